The molecule has 0 bridgehead atoms. The molecule has 7 heteroatoms. The first kappa shape index (κ1) is 19.4. The summed E-state index contributed by atoms with van der Waals surface area (Å²) in [5, 5.41) is 0.536. The number of amides is 1. The molecular weight excluding hydrogens is 321 g/mol. The van der Waals surface area contributed by atoms with Gasteiger partial charge in [0.05, 0.1) is 5.02 Å². The predicted molar refractivity (Wildman–Crippen MR) is 86.1 cm³/mol. The second-order valence-electron chi connectivity index (χ2n) is 4.78. The maximum atomic E-state index is 12.4. The van der Waals surface area contributed by atoms with Crippen LogP contribution in [0, 0.1) is 0 Å². The van der Waals surface area contributed by atoms with Crippen LogP contribution in [0.4, 0.5) is 0 Å². The first-order valence-corrected chi connectivity index (χ1v) is 6.65. The van der Waals surface area contributed by atoms with Gasteiger partial charge in [0.25, 0.3) is 5.91 Å². The van der Waals surface area contributed by atoms with Gasteiger partial charge in [-0.25, -0.2) is 4.98 Å². The minimum Gasteiger partial charge on any atom is -0.333 e. The van der Waals surface area contributed by atoms with Crippen LogP contribution in [0.25, 0.3) is 0 Å². The molecule has 2 N–H and O–H groups in total. The number of likely N-dealkylation sites (tertiary alicyclic amines) is 1. The monoisotopic (exact) mass is 339 g/mol. The predicted octanol–water partition coefficient (Wildman–Crippen LogP) is 2.92. The molecular formula is C13H20Cl3N3O. The molecule has 114 valence electrons. The number of halogens is 3. The lowest BCUT2D eigenvalue weighted by Gasteiger charge is -2.37. The summed E-state index contributed by atoms with van der Waals surface area (Å²) >= 11 is 5.77. The molecule has 1 saturated heterocycles. The number of aromatic nitrogens is 1. The van der Waals surface area contributed by atoms with Gasteiger partial charge < -0.3 is 10.6 Å². The summed E-state index contributed by atoms with van der Waals surface area (Å²) in [5.74, 6) is -0.0475. The number of rotatable bonds is 2. The second-order valence-corrected chi connectivity index (χ2v) is 5.22. The highest BCUT2D eigenvalue weighted by molar-refractivity contribution is 6.30. The molecule has 0 aromatic carbocycles. The van der Waals surface area contributed by atoms with Crippen LogP contribution in [0.5, 0.6) is 0 Å². The van der Waals surface area contributed by atoms with E-state index in [9.17, 15) is 4.79 Å². The van der Waals surface area contributed by atoms with Crippen molar-refractivity contribution >= 4 is 42.3 Å². The van der Waals surface area contributed by atoms with Crippen molar-refractivity contribution in [2.45, 2.75) is 38.3 Å². The zero-order valence-corrected chi connectivity index (χ0v) is 13.7. The zero-order chi connectivity index (χ0) is 13.1. The molecule has 1 aromatic heterocycles. The molecule has 0 aliphatic carbocycles. The van der Waals surface area contributed by atoms with Gasteiger partial charge in [-0.05, 0) is 38.3 Å². The Labute approximate surface area is 136 Å². The van der Waals surface area contributed by atoms with Gasteiger partial charge in [0.1, 0.15) is 5.69 Å². The van der Waals surface area contributed by atoms with Crippen molar-refractivity contribution in [2.24, 2.45) is 5.73 Å². The Morgan fingerprint density at radius 3 is 2.70 bits per heavy atom. The first-order chi connectivity index (χ1) is 8.59. The molecule has 0 saturated carbocycles. The summed E-state index contributed by atoms with van der Waals surface area (Å²) in [6, 6.07) is 3.45. The van der Waals surface area contributed by atoms with Crippen molar-refractivity contribution < 1.29 is 4.79 Å². The fraction of sp³-hybridized carbons (Fsp3) is 0.538. The van der Waals surface area contributed by atoms with E-state index >= 15 is 0 Å². The number of pyridine rings is 1. The van der Waals surface area contributed by atoms with E-state index in [1.165, 1.54) is 6.20 Å². The van der Waals surface area contributed by atoms with Crippen molar-refractivity contribution in [1.82, 2.24) is 9.88 Å². The Morgan fingerprint density at radius 1 is 1.45 bits per heavy atom. The summed E-state index contributed by atoms with van der Waals surface area (Å²) < 4.78 is 0. The van der Waals surface area contributed by atoms with Crippen LogP contribution in [-0.2, 0) is 0 Å². The van der Waals surface area contributed by atoms with Gasteiger partial charge in [0, 0.05) is 24.8 Å². The average Bonchev–Trinajstić information content (AvgIpc) is 2.39. The van der Waals surface area contributed by atoms with Crippen LogP contribution in [-0.4, -0.2) is 34.4 Å². The molecule has 2 rings (SSSR count). The van der Waals surface area contributed by atoms with Crippen molar-refractivity contribution in [2.75, 3.05) is 6.54 Å². The van der Waals surface area contributed by atoms with Crippen LogP contribution in [0.1, 0.15) is 36.7 Å². The highest BCUT2D eigenvalue weighted by Gasteiger charge is 2.30. The third-order valence-electron chi connectivity index (χ3n) is 3.36. The average molecular weight is 341 g/mol. The molecule has 1 aliphatic rings. The molecule has 1 fully saturated rings. The third kappa shape index (κ3) is 4.48. The minimum absolute atomic E-state index is 0. The van der Waals surface area contributed by atoms with E-state index in [4.69, 9.17) is 17.3 Å². The number of carbonyl (C=O) groups excluding carboxylic acids is 1. The van der Waals surface area contributed by atoms with Gasteiger partial charge in [-0.2, -0.15) is 0 Å². The fourth-order valence-corrected chi connectivity index (χ4v) is 2.52. The van der Waals surface area contributed by atoms with Crippen molar-refractivity contribution in [3.8, 4) is 0 Å². The molecule has 1 amide bonds. The first-order valence-electron chi connectivity index (χ1n) is 6.27. The number of nitrogens with zero attached hydrogens (tertiary/aromatic N) is 2. The lowest BCUT2D eigenvalue weighted by Crippen LogP contribution is -2.51. The van der Waals surface area contributed by atoms with Crippen molar-refractivity contribution in [3.05, 3.63) is 29.0 Å². The molecule has 2 atom stereocenters. The Morgan fingerprint density at radius 2 is 2.15 bits per heavy atom. The van der Waals surface area contributed by atoms with E-state index in [1.807, 2.05) is 11.8 Å². The molecule has 0 radical (unpaired) electrons. The van der Waals surface area contributed by atoms with Crippen LogP contribution >= 0.6 is 36.4 Å². The fourth-order valence-electron chi connectivity index (χ4n) is 2.41. The molecule has 2 unspecified atom stereocenters. The second kappa shape index (κ2) is 8.67. The zero-order valence-electron chi connectivity index (χ0n) is 11.3. The normalized spacial score (nSPS) is 19.6. The van der Waals surface area contributed by atoms with Crippen molar-refractivity contribution in [3.63, 3.8) is 0 Å². The largest absolute Gasteiger partial charge is 0.333 e. The molecule has 2 heterocycles. The molecule has 4 nitrogen and oxygen atoms in total. The summed E-state index contributed by atoms with van der Waals surface area (Å²) in [4.78, 5) is 18.3. The van der Waals surface area contributed by atoms with Crippen LogP contribution in [0.3, 0.4) is 0 Å². The van der Waals surface area contributed by atoms with Gasteiger partial charge in [-0.3, -0.25) is 4.79 Å². The Kier molecular flexibility index (Phi) is 8.44. The Balaban J connectivity index is 0.00000180. The molecule has 20 heavy (non-hydrogen) atoms. The topological polar surface area (TPSA) is 59.2 Å². The SMILES string of the molecule is CC(N)C1CCCCN1C(=O)c1ccc(Cl)cn1.Cl.Cl. The van der Waals surface area contributed by atoms with E-state index in [0.29, 0.717) is 10.7 Å². The van der Waals surface area contributed by atoms with Crippen LogP contribution < -0.4 is 5.73 Å². The Bertz CT molecular complexity index is 425. The number of hydrogen-bond donors (Lipinski definition) is 1. The molecule has 0 spiro atoms. The summed E-state index contributed by atoms with van der Waals surface area (Å²) in [6.45, 7) is 2.71. The highest BCUT2D eigenvalue weighted by atomic mass is 35.5. The summed E-state index contributed by atoms with van der Waals surface area (Å²) in [6.07, 6.45) is 4.63. The maximum absolute atomic E-state index is 12.4. The third-order valence-corrected chi connectivity index (χ3v) is 3.59. The van der Waals surface area contributed by atoms with Gasteiger partial charge in [-0.15, -0.1) is 24.8 Å². The van der Waals surface area contributed by atoms with E-state index in [0.717, 1.165) is 25.8 Å². The maximum Gasteiger partial charge on any atom is 0.272 e. The van der Waals surface area contributed by atoms with Crippen LogP contribution in [0.2, 0.25) is 5.02 Å². The van der Waals surface area contributed by atoms with Gasteiger partial charge >= 0.3 is 0 Å². The minimum atomic E-state index is -0.0475. The quantitative estimate of drug-likeness (QED) is 0.900. The number of piperidine rings is 1. The van der Waals surface area contributed by atoms with Crippen LogP contribution in [0.15, 0.2) is 18.3 Å². The molecule has 1 aromatic rings. The number of hydrogen-bond acceptors (Lipinski definition) is 3. The lowest BCUT2D eigenvalue weighted by atomic mass is 9.96. The standard InChI is InChI=1S/C13H18ClN3O.2ClH/c1-9(15)12-4-2-3-7-17(12)13(18)11-6-5-10(14)8-16-11;;/h5-6,8-9,12H,2-4,7,15H2,1H3;2*1H. The lowest BCUT2D eigenvalue weighted by molar-refractivity contribution is 0.0578. The van der Waals surface area contributed by atoms with E-state index < -0.39 is 0 Å². The van der Waals surface area contributed by atoms with Gasteiger partial charge in [-0.1, -0.05) is 11.6 Å². The van der Waals surface area contributed by atoms with Crippen molar-refractivity contribution in [1.29, 1.82) is 0 Å². The molecule has 1 aliphatic heterocycles. The summed E-state index contributed by atoms with van der Waals surface area (Å²) in [7, 11) is 0. The van der Waals surface area contributed by atoms with E-state index in [-0.39, 0.29) is 42.8 Å². The Hall–Kier alpha value is -0.550. The van der Waals surface area contributed by atoms with E-state index in [1.54, 1.807) is 12.1 Å². The van der Waals surface area contributed by atoms with Gasteiger partial charge in [0.2, 0.25) is 0 Å². The smallest absolute Gasteiger partial charge is 0.272 e. The number of nitrogens with two attached hydrogens (primary N) is 1. The van der Waals surface area contributed by atoms with Gasteiger partial charge in [0.15, 0.2) is 0 Å². The number of carbonyl (C=O) groups is 1. The summed E-state index contributed by atoms with van der Waals surface area (Å²) in [5.41, 5.74) is 6.40. The highest BCUT2D eigenvalue weighted by Crippen LogP contribution is 2.21. The van der Waals surface area contributed by atoms with E-state index in [2.05, 4.69) is 4.98 Å².